The molecule has 1 heterocycles. The van der Waals surface area contributed by atoms with Crippen molar-refractivity contribution < 1.29 is 13.7 Å². The largest absolute Gasteiger partial charge is 0.494 e. The second kappa shape index (κ2) is 4.57. The molecule has 0 unspecified atom stereocenters. The Kier molecular flexibility index (Phi) is 3.55. The van der Waals surface area contributed by atoms with Gasteiger partial charge in [-0.1, -0.05) is 32.9 Å². The second-order valence-corrected chi connectivity index (χ2v) is 7.58. The van der Waals surface area contributed by atoms with Crippen LogP contribution < -0.4 is 5.46 Å². The zero-order valence-corrected chi connectivity index (χ0v) is 13.5. The number of hydrogen-bond donors (Lipinski definition) is 0. The Morgan fingerprint density at radius 3 is 1.95 bits per heavy atom. The molecule has 1 aromatic carbocycles. The van der Waals surface area contributed by atoms with E-state index in [9.17, 15) is 4.39 Å². The maximum absolute atomic E-state index is 14.0. The van der Waals surface area contributed by atoms with E-state index in [1.54, 1.807) is 6.07 Å². The van der Waals surface area contributed by atoms with Crippen LogP contribution in [0.2, 0.25) is 0 Å². The van der Waals surface area contributed by atoms with Crippen molar-refractivity contribution in [3.63, 3.8) is 0 Å². The zero-order valence-electron chi connectivity index (χ0n) is 13.5. The third kappa shape index (κ3) is 2.64. The van der Waals surface area contributed by atoms with Crippen LogP contribution in [0.4, 0.5) is 4.39 Å². The molecule has 0 bridgehead atoms. The van der Waals surface area contributed by atoms with Crippen LogP contribution in [0.15, 0.2) is 18.2 Å². The minimum absolute atomic E-state index is 0.183. The Morgan fingerprint density at radius 1 is 1.00 bits per heavy atom. The summed E-state index contributed by atoms with van der Waals surface area (Å²) < 4.78 is 26.0. The van der Waals surface area contributed by atoms with Gasteiger partial charge in [-0.25, -0.2) is 4.39 Å². The van der Waals surface area contributed by atoms with E-state index in [1.165, 1.54) is 6.07 Å². The second-order valence-electron chi connectivity index (χ2n) is 7.58. The first-order chi connectivity index (χ1) is 8.94. The smallest absolute Gasteiger partial charge is 0.399 e. The molecule has 20 heavy (non-hydrogen) atoms. The van der Waals surface area contributed by atoms with E-state index in [1.807, 2.05) is 54.5 Å². The first-order valence-electron chi connectivity index (χ1n) is 7.10. The van der Waals surface area contributed by atoms with Crippen molar-refractivity contribution in [2.24, 2.45) is 0 Å². The van der Waals surface area contributed by atoms with E-state index < -0.39 is 7.12 Å². The molecule has 2 rings (SSSR count). The fourth-order valence-corrected chi connectivity index (χ4v) is 2.24. The van der Waals surface area contributed by atoms with Crippen LogP contribution in [0.5, 0.6) is 0 Å². The molecule has 0 saturated carbocycles. The molecule has 0 amide bonds. The molecular formula is C16H24BFO2. The molecule has 0 atom stereocenters. The lowest BCUT2D eigenvalue weighted by molar-refractivity contribution is 0.00578. The van der Waals surface area contributed by atoms with Crippen LogP contribution in [-0.2, 0) is 14.7 Å². The average molecular weight is 278 g/mol. The predicted octanol–water partition coefficient (Wildman–Crippen LogP) is 3.42. The molecular weight excluding hydrogens is 254 g/mol. The van der Waals surface area contributed by atoms with Gasteiger partial charge in [0.25, 0.3) is 0 Å². The summed E-state index contributed by atoms with van der Waals surface area (Å²) in [4.78, 5) is 0. The van der Waals surface area contributed by atoms with Gasteiger partial charge in [0.2, 0.25) is 0 Å². The van der Waals surface area contributed by atoms with Crippen LogP contribution in [0.3, 0.4) is 0 Å². The molecule has 0 spiro atoms. The number of benzene rings is 1. The molecule has 1 aliphatic rings. The van der Waals surface area contributed by atoms with Crippen LogP contribution in [0.25, 0.3) is 0 Å². The van der Waals surface area contributed by atoms with Crippen molar-refractivity contribution in [2.45, 2.75) is 65.1 Å². The summed E-state index contributed by atoms with van der Waals surface area (Å²) in [5.41, 5.74) is 0.547. The molecule has 4 heteroatoms. The highest BCUT2D eigenvalue weighted by Gasteiger charge is 2.51. The third-order valence-corrected chi connectivity index (χ3v) is 4.32. The van der Waals surface area contributed by atoms with Crippen molar-refractivity contribution in [1.29, 1.82) is 0 Å². The molecule has 0 aromatic heterocycles. The molecule has 0 aliphatic carbocycles. The van der Waals surface area contributed by atoms with Crippen molar-refractivity contribution in [1.82, 2.24) is 0 Å². The summed E-state index contributed by atoms with van der Waals surface area (Å²) in [6, 6.07) is 5.10. The average Bonchev–Trinajstić information content (AvgIpc) is 2.47. The van der Waals surface area contributed by atoms with E-state index in [2.05, 4.69) is 0 Å². The molecule has 110 valence electrons. The Bertz CT molecular complexity index is 502. The van der Waals surface area contributed by atoms with Crippen molar-refractivity contribution in [2.75, 3.05) is 0 Å². The monoisotopic (exact) mass is 278 g/mol. The molecule has 2 nitrogen and oxygen atoms in total. The van der Waals surface area contributed by atoms with Gasteiger partial charge < -0.3 is 9.31 Å². The van der Waals surface area contributed by atoms with Gasteiger partial charge in [-0.2, -0.15) is 0 Å². The number of rotatable bonds is 1. The summed E-state index contributed by atoms with van der Waals surface area (Å²) in [6.45, 7) is 14.1. The Morgan fingerprint density at radius 2 is 1.50 bits per heavy atom. The van der Waals surface area contributed by atoms with Gasteiger partial charge in [0.15, 0.2) is 0 Å². The lowest BCUT2D eigenvalue weighted by Crippen LogP contribution is -2.41. The van der Waals surface area contributed by atoms with Crippen LogP contribution in [0.1, 0.15) is 54.0 Å². The maximum Gasteiger partial charge on any atom is 0.494 e. The first kappa shape index (κ1) is 15.5. The Hall–Kier alpha value is -0.865. The van der Waals surface area contributed by atoms with Gasteiger partial charge in [0.1, 0.15) is 5.82 Å². The highest BCUT2D eigenvalue weighted by atomic mass is 19.1. The van der Waals surface area contributed by atoms with Crippen molar-refractivity contribution >= 4 is 12.6 Å². The predicted molar refractivity (Wildman–Crippen MR) is 80.8 cm³/mol. The van der Waals surface area contributed by atoms with Crippen molar-refractivity contribution in [3.05, 3.63) is 29.6 Å². The van der Waals surface area contributed by atoms with Gasteiger partial charge in [-0.05, 0) is 50.2 Å². The van der Waals surface area contributed by atoms with Crippen LogP contribution in [0, 0.1) is 5.82 Å². The van der Waals surface area contributed by atoms with E-state index in [-0.39, 0.29) is 22.4 Å². The summed E-state index contributed by atoms with van der Waals surface area (Å²) >= 11 is 0. The Balaban J connectivity index is 2.37. The third-order valence-electron chi connectivity index (χ3n) is 4.32. The van der Waals surface area contributed by atoms with Crippen LogP contribution in [-0.4, -0.2) is 18.3 Å². The maximum atomic E-state index is 14.0. The molecule has 1 aliphatic heterocycles. The summed E-state index contributed by atoms with van der Waals surface area (Å²) in [7, 11) is -0.443. The van der Waals surface area contributed by atoms with Gasteiger partial charge in [0, 0.05) is 0 Å². The fourth-order valence-electron chi connectivity index (χ4n) is 2.24. The molecule has 0 N–H and O–H groups in total. The van der Waals surface area contributed by atoms with E-state index in [4.69, 9.17) is 9.31 Å². The molecule has 1 aromatic rings. The molecule has 1 fully saturated rings. The number of halogens is 1. The van der Waals surface area contributed by atoms with Gasteiger partial charge in [-0.3, -0.25) is 0 Å². The van der Waals surface area contributed by atoms with Crippen LogP contribution >= 0.6 is 0 Å². The zero-order chi connectivity index (χ0) is 15.3. The van der Waals surface area contributed by atoms with E-state index in [0.717, 1.165) is 5.46 Å². The highest BCUT2D eigenvalue weighted by Crippen LogP contribution is 2.36. The van der Waals surface area contributed by atoms with Crippen molar-refractivity contribution in [3.8, 4) is 0 Å². The van der Waals surface area contributed by atoms with Gasteiger partial charge in [-0.15, -0.1) is 0 Å². The number of hydrogen-bond acceptors (Lipinski definition) is 2. The summed E-state index contributed by atoms with van der Waals surface area (Å²) in [5, 5.41) is 0. The Labute approximate surface area is 121 Å². The minimum Gasteiger partial charge on any atom is -0.399 e. The summed E-state index contributed by atoms with van der Waals surface area (Å²) in [5.74, 6) is -0.183. The SMILES string of the molecule is CC(C)(C)c1cc(B2OC(C)(C)C(C)(C)O2)ccc1F. The standard InChI is InChI=1S/C16H24BFO2/c1-14(2,3)12-10-11(8-9-13(12)18)17-19-15(4,5)16(6,7)20-17/h8-10H,1-7H3. The topological polar surface area (TPSA) is 18.5 Å². The molecule has 1 saturated heterocycles. The van der Waals surface area contributed by atoms with Gasteiger partial charge >= 0.3 is 7.12 Å². The fraction of sp³-hybridized carbons (Fsp3) is 0.625. The van der Waals surface area contributed by atoms with Gasteiger partial charge in [0.05, 0.1) is 11.2 Å². The molecule has 0 radical (unpaired) electrons. The highest BCUT2D eigenvalue weighted by molar-refractivity contribution is 6.62. The lowest BCUT2D eigenvalue weighted by atomic mass is 9.75. The van der Waals surface area contributed by atoms with E-state index >= 15 is 0 Å². The quantitative estimate of drug-likeness (QED) is 0.733. The normalized spacial score (nSPS) is 21.3. The first-order valence-corrected chi connectivity index (χ1v) is 7.10. The minimum atomic E-state index is -0.443. The summed E-state index contributed by atoms with van der Waals surface area (Å²) in [6.07, 6.45) is 0. The lowest BCUT2D eigenvalue weighted by Gasteiger charge is -2.32. The van der Waals surface area contributed by atoms with E-state index in [0.29, 0.717) is 5.56 Å².